The third-order valence-electron chi connectivity index (χ3n) is 7.02. The van der Waals surface area contributed by atoms with Crippen molar-refractivity contribution in [1.82, 2.24) is 9.80 Å². The lowest BCUT2D eigenvalue weighted by atomic mass is 9.94. The first-order valence-electron chi connectivity index (χ1n) is 12.2. The van der Waals surface area contributed by atoms with E-state index in [0.29, 0.717) is 61.6 Å². The molecule has 0 saturated carbocycles. The summed E-state index contributed by atoms with van der Waals surface area (Å²) in [4.78, 5) is 44.6. The van der Waals surface area contributed by atoms with Crippen LogP contribution in [0.2, 0.25) is 5.02 Å². The first-order chi connectivity index (χ1) is 17.4. The molecule has 0 bridgehead atoms. The Morgan fingerprint density at radius 3 is 2.56 bits per heavy atom. The number of halogens is 1. The van der Waals surface area contributed by atoms with Crippen molar-refractivity contribution in [3.63, 3.8) is 0 Å². The maximum atomic E-state index is 13.4. The van der Waals surface area contributed by atoms with Crippen LogP contribution in [-0.2, 0) is 17.8 Å². The highest BCUT2D eigenvalue weighted by molar-refractivity contribution is 6.30. The number of hydrogen-bond donors (Lipinski definition) is 0. The lowest BCUT2D eigenvalue weighted by Gasteiger charge is -2.35. The van der Waals surface area contributed by atoms with Gasteiger partial charge in [-0.15, -0.1) is 0 Å². The zero-order valence-corrected chi connectivity index (χ0v) is 20.9. The van der Waals surface area contributed by atoms with Gasteiger partial charge in [0.15, 0.2) is 0 Å². The number of furan rings is 1. The van der Waals surface area contributed by atoms with Crippen LogP contribution < -0.4 is 4.90 Å². The molecule has 5 rings (SSSR count). The molecule has 2 aliphatic heterocycles. The highest BCUT2D eigenvalue weighted by Crippen LogP contribution is 2.34. The summed E-state index contributed by atoms with van der Waals surface area (Å²) in [5.74, 6) is 0.256. The number of imide groups is 1. The molecule has 0 radical (unpaired) electrons. The van der Waals surface area contributed by atoms with Gasteiger partial charge in [0.25, 0.3) is 11.8 Å². The number of carbonyl (C=O) groups is 3. The van der Waals surface area contributed by atoms with Crippen molar-refractivity contribution in [2.45, 2.75) is 25.8 Å². The third-order valence-corrected chi connectivity index (χ3v) is 7.26. The Bertz CT molecular complexity index is 1280. The van der Waals surface area contributed by atoms with Gasteiger partial charge in [0.2, 0.25) is 5.91 Å². The lowest BCUT2D eigenvalue weighted by Crippen LogP contribution is -2.41. The summed E-state index contributed by atoms with van der Waals surface area (Å²) in [5.41, 5.74) is 2.65. The fraction of sp³-hybridized carbons (Fsp3) is 0.321. The minimum absolute atomic E-state index is 0.0792. The number of rotatable bonds is 7. The van der Waals surface area contributed by atoms with Gasteiger partial charge >= 0.3 is 0 Å². The van der Waals surface area contributed by atoms with Crippen molar-refractivity contribution in [3.05, 3.63) is 88.3 Å². The second kappa shape index (κ2) is 10.2. The molecule has 0 spiro atoms. The number of nitrogens with zero attached hydrogens (tertiary/aromatic N) is 3. The number of piperidine rings is 1. The summed E-state index contributed by atoms with van der Waals surface area (Å²) in [6.45, 7) is 2.03. The Balaban J connectivity index is 1.25. The summed E-state index contributed by atoms with van der Waals surface area (Å²) in [5, 5.41) is 0.631. The smallest absolute Gasteiger partial charge is 0.263 e. The first kappa shape index (κ1) is 24.1. The van der Waals surface area contributed by atoms with Gasteiger partial charge in [-0.1, -0.05) is 29.8 Å². The largest absolute Gasteiger partial charge is 0.467 e. The molecular formula is C28H28ClN3O4. The van der Waals surface area contributed by atoms with Crippen LogP contribution in [-0.4, -0.2) is 54.2 Å². The highest BCUT2D eigenvalue weighted by Gasteiger charge is 2.39. The molecule has 3 aromatic rings. The summed E-state index contributed by atoms with van der Waals surface area (Å²) < 4.78 is 5.36. The average Bonchev–Trinajstić information content (AvgIpc) is 3.48. The molecular weight excluding hydrogens is 478 g/mol. The molecule has 0 aliphatic carbocycles. The predicted octanol–water partition coefficient (Wildman–Crippen LogP) is 4.65. The van der Waals surface area contributed by atoms with Crippen LogP contribution in [0.3, 0.4) is 0 Å². The van der Waals surface area contributed by atoms with E-state index in [0.717, 1.165) is 17.0 Å². The zero-order chi connectivity index (χ0) is 25.2. The van der Waals surface area contributed by atoms with E-state index in [-0.39, 0.29) is 23.6 Å². The van der Waals surface area contributed by atoms with Crippen LogP contribution >= 0.6 is 11.6 Å². The number of anilines is 1. The average molecular weight is 506 g/mol. The summed E-state index contributed by atoms with van der Waals surface area (Å²) in [6, 6.07) is 16.6. The Labute approximate surface area is 215 Å². The van der Waals surface area contributed by atoms with Crippen LogP contribution in [0.25, 0.3) is 0 Å². The van der Waals surface area contributed by atoms with Gasteiger partial charge in [0, 0.05) is 37.6 Å². The van der Waals surface area contributed by atoms with Crippen LogP contribution in [0, 0.1) is 5.92 Å². The molecule has 7 nitrogen and oxygen atoms in total. The van der Waals surface area contributed by atoms with Gasteiger partial charge < -0.3 is 14.2 Å². The van der Waals surface area contributed by atoms with Gasteiger partial charge in [-0.05, 0) is 61.2 Å². The number of fused-ring (bicyclic) bond motifs is 1. The molecule has 0 atom stereocenters. The predicted molar refractivity (Wildman–Crippen MR) is 137 cm³/mol. The van der Waals surface area contributed by atoms with Crippen molar-refractivity contribution in [1.29, 1.82) is 0 Å². The summed E-state index contributed by atoms with van der Waals surface area (Å²) >= 11 is 6.08. The van der Waals surface area contributed by atoms with Crippen molar-refractivity contribution in [2.75, 3.05) is 31.6 Å². The Hall–Kier alpha value is -3.58. The van der Waals surface area contributed by atoms with E-state index in [1.165, 1.54) is 4.90 Å². The minimum atomic E-state index is -0.261. The van der Waals surface area contributed by atoms with Crippen molar-refractivity contribution < 1.29 is 18.8 Å². The standard InChI is InChI=1S/C28H28ClN3O4/c1-30(18-22-7-4-16-36-22)26(33)20-11-13-31(14-12-20)24-9-3-8-23-25(24)28(35)32(27(23)34)15-10-19-5-2-6-21(29)17-19/h2-9,16-17,20H,10-15,18H2,1H3. The van der Waals surface area contributed by atoms with E-state index in [1.807, 2.05) is 42.5 Å². The number of benzene rings is 2. The molecule has 2 aliphatic rings. The second-order valence-corrected chi connectivity index (χ2v) is 9.81. The monoisotopic (exact) mass is 505 g/mol. The molecule has 36 heavy (non-hydrogen) atoms. The Morgan fingerprint density at radius 2 is 1.83 bits per heavy atom. The number of carbonyl (C=O) groups excluding carboxylic acids is 3. The summed E-state index contributed by atoms with van der Waals surface area (Å²) in [6.07, 6.45) is 3.52. The molecule has 3 heterocycles. The summed E-state index contributed by atoms with van der Waals surface area (Å²) in [7, 11) is 1.80. The fourth-order valence-corrected chi connectivity index (χ4v) is 5.32. The fourth-order valence-electron chi connectivity index (χ4n) is 5.11. The molecule has 0 unspecified atom stereocenters. The van der Waals surface area contributed by atoms with Crippen LogP contribution in [0.5, 0.6) is 0 Å². The molecule has 3 amide bonds. The minimum Gasteiger partial charge on any atom is -0.467 e. The Morgan fingerprint density at radius 1 is 1.06 bits per heavy atom. The third kappa shape index (κ3) is 4.75. The maximum Gasteiger partial charge on any atom is 0.263 e. The molecule has 0 N–H and O–H groups in total. The quantitative estimate of drug-likeness (QED) is 0.437. The molecule has 186 valence electrons. The van der Waals surface area contributed by atoms with Gasteiger partial charge in [-0.2, -0.15) is 0 Å². The van der Waals surface area contributed by atoms with Crippen LogP contribution in [0.1, 0.15) is 44.9 Å². The highest BCUT2D eigenvalue weighted by atomic mass is 35.5. The van der Waals surface area contributed by atoms with Gasteiger partial charge in [0.1, 0.15) is 5.76 Å². The van der Waals surface area contributed by atoms with Gasteiger partial charge in [-0.25, -0.2) is 0 Å². The van der Waals surface area contributed by atoms with Crippen LogP contribution in [0.4, 0.5) is 5.69 Å². The number of amides is 3. The zero-order valence-electron chi connectivity index (χ0n) is 20.2. The second-order valence-electron chi connectivity index (χ2n) is 9.38. The van der Waals surface area contributed by atoms with Crippen molar-refractivity contribution in [3.8, 4) is 0 Å². The van der Waals surface area contributed by atoms with E-state index in [9.17, 15) is 14.4 Å². The molecule has 1 saturated heterocycles. The van der Waals surface area contributed by atoms with Gasteiger partial charge in [-0.3, -0.25) is 19.3 Å². The van der Waals surface area contributed by atoms with Crippen LogP contribution in [0.15, 0.2) is 65.3 Å². The van der Waals surface area contributed by atoms with E-state index in [1.54, 1.807) is 30.3 Å². The first-order valence-corrected chi connectivity index (χ1v) is 12.6. The van der Waals surface area contributed by atoms with E-state index in [4.69, 9.17) is 16.0 Å². The molecule has 8 heteroatoms. The maximum absolute atomic E-state index is 13.4. The van der Waals surface area contributed by atoms with E-state index in [2.05, 4.69) is 4.90 Å². The lowest BCUT2D eigenvalue weighted by molar-refractivity contribution is -0.135. The normalized spacial score (nSPS) is 15.9. The topological polar surface area (TPSA) is 74.1 Å². The molecule has 1 aromatic heterocycles. The number of hydrogen-bond acceptors (Lipinski definition) is 5. The van der Waals surface area contributed by atoms with Gasteiger partial charge in [0.05, 0.1) is 29.6 Å². The van der Waals surface area contributed by atoms with E-state index >= 15 is 0 Å². The van der Waals surface area contributed by atoms with E-state index < -0.39 is 0 Å². The molecule has 1 fully saturated rings. The molecule has 2 aromatic carbocycles. The van der Waals surface area contributed by atoms with Crippen molar-refractivity contribution >= 4 is 35.0 Å². The SMILES string of the molecule is CN(Cc1ccco1)C(=O)C1CCN(c2cccc3c2C(=O)N(CCc2cccc(Cl)c2)C3=O)CC1. The van der Waals surface area contributed by atoms with Crippen molar-refractivity contribution in [2.24, 2.45) is 5.92 Å². The Kier molecular flexibility index (Phi) is 6.83.